The molecule has 0 bridgehead atoms. The Kier molecular flexibility index (Phi) is 3.83. The minimum absolute atomic E-state index is 0.646. The standard InChI is InChI=1S/C19H19N5/c1-14-22-18(21-13-16-7-4-5-10-20-16)12-19(23-14)24-11-9-15-6-2-3-8-17(15)24/h2-8,10,12H,9,11,13H2,1H3,(H,21,22,23). The number of anilines is 3. The molecule has 1 N–H and O–H groups in total. The van der Waals surface area contributed by atoms with Crippen molar-refractivity contribution in [3.8, 4) is 0 Å². The molecule has 0 saturated heterocycles. The van der Waals surface area contributed by atoms with Crippen LogP contribution < -0.4 is 10.2 Å². The van der Waals surface area contributed by atoms with Gasteiger partial charge in [-0.25, -0.2) is 9.97 Å². The topological polar surface area (TPSA) is 53.9 Å². The van der Waals surface area contributed by atoms with Crippen molar-refractivity contribution in [2.75, 3.05) is 16.8 Å². The molecule has 1 aromatic carbocycles. The molecule has 5 heteroatoms. The van der Waals surface area contributed by atoms with Gasteiger partial charge in [-0.2, -0.15) is 0 Å². The van der Waals surface area contributed by atoms with Gasteiger partial charge in [0.05, 0.1) is 12.2 Å². The zero-order valence-corrected chi connectivity index (χ0v) is 13.6. The van der Waals surface area contributed by atoms with E-state index in [-0.39, 0.29) is 0 Å². The van der Waals surface area contributed by atoms with Crippen LogP contribution in [0.5, 0.6) is 0 Å². The van der Waals surface area contributed by atoms with Crippen molar-refractivity contribution < 1.29 is 0 Å². The molecule has 24 heavy (non-hydrogen) atoms. The molecule has 0 saturated carbocycles. The predicted molar refractivity (Wildman–Crippen MR) is 95.5 cm³/mol. The number of aryl methyl sites for hydroxylation is 1. The zero-order valence-electron chi connectivity index (χ0n) is 13.6. The van der Waals surface area contributed by atoms with Crippen LogP contribution in [0.1, 0.15) is 17.1 Å². The summed E-state index contributed by atoms with van der Waals surface area (Å²) in [5.41, 5.74) is 3.60. The summed E-state index contributed by atoms with van der Waals surface area (Å²) < 4.78 is 0. The lowest BCUT2D eigenvalue weighted by Crippen LogP contribution is -2.16. The maximum absolute atomic E-state index is 4.63. The first kappa shape index (κ1) is 14.6. The molecule has 3 aromatic rings. The monoisotopic (exact) mass is 317 g/mol. The predicted octanol–water partition coefficient (Wildman–Crippen LogP) is 3.49. The first-order valence-electron chi connectivity index (χ1n) is 8.14. The number of fused-ring (bicyclic) bond motifs is 1. The van der Waals surface area contributed by atoms with Gasteiger partial charge in [0.25, 0.3) is 0 Å². The fourth-order valence-corrected chi connectivity index (χ4v) is 3.04. The largest absolute Gasteiger partial charge is 0.364 e. The van der Waals surface area contributed by atoms with Crippen molar-refractivity contribution in [3.63, 3.8) is 0 Å². The minimum atomic E-state index is 0.646. The Morgan fingerprint density at radius 3 is 2.83 bits per heavy atom. The summed E-state index contributed by atoms with van der Waals surface area (Å²) in [6, 6.07) is 16.4. The third kappa shape index (κ3) is 2.93. The van der Waals surface area contributed by atoms with Crippen molar-refractivity contribution >= 4 is 17.3 Å². The molecule has 0 unspecified atom stereocenters. The first-order chi connectivity index (χ1) is 11.8. The van der Waals surface area contributed by atoms with Crippen molar-refractivity contribution in [1.82, 2.24) is 15.0 Å². The van der Waals surface area contributed by atoms with Crippen LogP contribution in [0.25, 0.3) is 0 Å². The van der Waals surface area contributed by atoms with Crippen LogP contribution in [-0.4, -0.2) is 21.5 Å². The summed E-state index contributed by atoms with van der Waals surface area (Å²) >= 11 is 0. The lowest BCUT2D eigenvalue weighted by Gasteiger charge is -2.19. The highest BCUT2D eigenvalue weighted by molar-refractivity contribution is 5.68. The van der Waals surface area contributed by atoms with E-state index in [0.29, 0.717) is 6.54 Å². The second-order valence-electron chi connectivity index (χ2n) is 5.86. The summed E-state index contributed by atoms with van der Waals surface area (Å²) in [7, 11) is 0. The molecular weight excluding hydrogens is 298 g/mol. The Bertz CT molecular complexity index is 847. The van der Waals surface area contributed by atoms with Gasteiger partial charge < -0.3 is 10.2 Å². The Morgan fingerprint density at radius 1 is 1.08 bits per heavy atom. The quantitative estimate of drug-likeness (QED) is 0.798. The third-order valence-corrected chi connectivity index (χ3v) is 4.16. The number of nitrogens with one attached hydrogen (secondary N) is 1. The van der Waals surface area contributed by atoms with Crippen LogP contribution >= 0.6 is 0 Å². The molecule has 0 fully saturated rings. The van der Waals surface area contributed by atoms with E-state index in [1.54, 1.807) is 6.20 Å². The number of hydrogen-bond donors (Lipinski definition) is 1. The number of para-hydroxylation sites is 1. The van der Waals surface area contributed by atoms with Gasteiger partial charge >= 0.3 is 0 Å². The van der Waals surface area contributed by atoms with Crippen molar-refractivity contribution in [2.45, 2.75) is 19.9 Å². The number of aromatic nitrogens is 3. The minimum Gasteiger partial charge on any atom is -0.364 e. The second kappa shape index (κ2) is 6.28. The molecular formula is C19H19N5. The van der Waals surface area contributed by atoms with Gasteiger partial charge in [-0.1, -0.05) is 24.3 Å². The summed E-state index contributed by atoms with van der Waals surface area (Å²) in [6.45, 7) is 3.53. The van der Waals surface area contributed by atoms with Crippen LogP contribution in [0.4, 0.5) is 17.3 Å². The van der Waals surface area contributed by atoms with E-state index in [9.17, 15) is 0 Å². The molecule has 1 aliphatic rings. The number of benzene rings is 1. The van der Waals surface area contributed by atoms with Crippen molar-refractivity contribution in [3.05, 3.63) is 71.8 Å². The van der Waals surface area contributed by atoms with Crippen molar-refractivity contribution in [2.24, 2.45) is 0 Å². The van der Waals surface area contributed by atoms with Gasteiger partial charge in [-0.05, 0) is 37.1 Å². The van der Waals surface area contributed by atoms with Gasteiger partial charge in [-0.15, -0.1) is 0 Å². The summed E-state index contributed by atoms with van der Waals surface area (Å²) in [5.74, 6) is 2.53. The molecule has 1 aliphatic heterocycles. The lowest BCUT2D eigenvalue weighted by molar-refractivity contribution is 0.937. The van der Waals surface area contributed by atoms with Gasteiger partial charge in [0, 0.05) is 24.5 Å². The average Bonchev–Trinajstić information content (AvgIpc) is 3.05. The highest BCUT2D eigenvalue weighted by Crippen LogP contribution is 2.33. The Labute approximate surface area is 141 Å². The van der Waals surface area contributed by atoms with Crippen LogP contribution in [0.15, 0.2) is 54.7 Å². The maximum atomic E-state index is 4.63. The van der Waals surface area contributed by atoms with Crippen LogP contribution in [0, 0.1) is 6.92 Å². The van der Waals surface area contributed by atoms with E-state index in [1.807, 2.05) is 31.2 Å². The molecule has 0 atom stereocenters. The molecule has 5 nitrogen and oxygen atoms in total. The highest BCUT2D eigenvalue weighted by atomic mass is 15.2. The van der Waals surface area contributed by atoms with Gasteiger partial charge in [-0.3, -0.25) is 4.98 Å². The van der Waals surface area contributed by atoms with E-state index in [1.165, 1.54) is 11.3 Å². The molecule has 0 radical (unpaired) electrons. The van der Waals surface area contributed by atoms with Crippen molar-refractivity contribution in [1.29, 1.82) is 0 Å². The van der Waals surface area contributed by atoms with E-state index in [0.717, 1.165) is 36.1 Å². The Morgan fingerprint density at radius 2 is 1.96 bits per heavy atom. The molecule has 0 amide bonds. The van der Waals surface area contributed by atoms with Crippen LogP contribution in [0.3, 0.4) is 0 Å². The van der Waals surface area contributed by atoms with E-state index < -0.39 is 0 Å². The maximum Gasteiger partial charge on any atom is 0.138 e. The molecule has 4 rings (SSSR count). The van der Waals surface area contributed by atoms with Gasteiger partial charge in [0.15, 0.2) is 0 Å². The number of nitrogens with zero attached hydrogens (tertiary/aromatic N) is 4. The smallest absolute Gasteiger partial charge is 0.138 e. The number of rotatable bonds is 4. The highest BCUT2D eigenvalue weighted by Gasteiger charge is 2.21. The van der Waals surface area contributed by atoms with E-state index in [4.69, 9.17) is 0 Å². The summed E-state index contributed by atoms with van der Waals surface area (Å²) in [5, 5.41) is 3.35. The van der Waals surface area contributed by atoms with Gasteiger partial charge in [0.1, 0.15) is 17.5 Å². The molecule has 0 spiro atoms. The van der Waals surface area contributed by atoms with E-state index >= 15 is 0 Å². The Hall–Kier alpha value is -2.95. The molecule has 0 aliphatic carbocycles. The van der Waals surface area contributed by atoms with Crippen LogP contribution in [-0.2, 0) is 13.0 Å². The van der Waals surface area contributed by atoms with E-state index in [2.05, 4.69) is 49.4 Å². The summed E-state index contributed by atoms with van der Waals surface area (Å²) in [4.78, 5) is 15.7. The van der Waals surface area contributed by atoms with Gasteiger partial charge in [0.2, 0.25) is 0 Å². The third-order valence-electron chi connectivity index (χ3n) is 4.16. The molecule has 3 heterocycles. The molecule has 2 aromatic heterocycles. The Balaban J connectivity index is 1.58. The SMILES string of the molecule is Cc1nc(NCc2ccccn2)cc(N2CCc3ccccc32)n1. The normalized spacial score (nSPS) is 13.0. The first-order valence-corrected chi connectivity index (χ1v) is 8.14. The average molecular weight is 317 g/mol. The fourth-order valence-electron chi connectivity index (χ4n) is 3.04. The second-order valence-corrected chi connectivity index (χ2v) is 5.86. The van der Waals surface area contributed by atoms with Crippen LogP contribution in [0.2, 0.25) is 0 Å². The number of hydrogen-bond acceptors (Lipinski definition) is 5. The zero-order chi connectivity index (χ0) is 16.4. The molecule has 120 valence electrons. The summed E-state index contributed by atoms with van der Waals surface area (Å²) in [6.07, 6.45) is 2.85. The lowest BCUT2D eigenvalue weighted by atomic mass is 10.2. The fraction of sp³-hybridized carbons (Fsp3) is 0.211. The number of pyridine rings is 1.